The van der Waals surface area contributed by atoms with Crippen LogP contribution in [0.5, 0.6) is 0 Å². The smallest absolute Gasteiger partial charge is 0.249 e. The van der Waals surface area contributed by atoms with Gasteiger partial charge in [0.2, 0.25) is 11.8 Å². The molecule has 6 nitrogen and oxygen atoms in total. The van der Waals surface area contributed by atoms with Gasteiger partial charge in [0, 0.05) is 42.4 Å². The number of carbonyl (C=O) groups excluding carboxylic acids is 2. The monoisotopic (exact) mass is 346 g/mol. The fourth-order valence-corrected chi connectivity index (χ4v) is 3.20. The second-order valence-corrected chi connectivity index (χ2v) is 6.24. The van der Waals surface area contributed by atoms with Crippen LogP contribution in [0.3, 0.4) is 0 Å². The van der Waals surface area contributed by atoms with Gasteiger partial charge in [-0.05, 0) is 17.7 Å². The molecule has 0 saturated heterocycles. The Hall–Kier alpha value is -3.41. The fourth-order valence-electron chi connectivity index (χ4n) is 3.20. The van der Waals surface area contributed by atoms with Gasteiger partial charge in [0.15, 0.2) is 0 Å². The SMILES string of the molecule is CC(=O)N1CC(C(=O)NCc2ccccc2)=Cc2c[nH]c3nccc1c23. The van der Waals surface area contributed by atoms with Crippen molar-refractivity contribution < 1.29 is 9.59 Å². The molecule has 2 N–H and O–H groups in total. The molecule has 130 valence electrons. The largest absolute Gasteiger partial charge is 0.348 e. The average molecular weight is 346 g/mol. The molecular formula is C20H18N4O2. The van der Waals surface area contributed by atoms with Gasteiger partial charge in [0.1, 0.15) is 5.65 Å². The van der Waals surface area contributed by atoms with Crippen LogP contribution < -0.4 is 10.2 Å². The number of aromatic nitrogens is 2. The van der Waals surface area contributed by atoms with Crippen LogP contribution in [0.2, 0.25) is 0 Å². The van der Waals surface area contributed by atoms with Gasteiger partial charge in [-0.25, -0.2) is 4.98 Å². The maximum Gasteiger partial charge on any atom is 0.249 e. The maximum absolute atomic E-state index is 12.7. The molecule has 1 aromatic carbocycles. The summed E-state index contributed by atoms with van der Waals surface area (Å²) in [4.78, 5) is 34.0. The molecule has 0 aliphatic carbocycles. The number of pyridine rings is 1. The summed E-state index contributed by atoms with van der Waals surface area (Å²) < 4.78 is 0. The van der Waals surface area contributed by atoms with Gasteiger partial charge in [-0.2, -0.15) is 0 Å². The molecule has 0 fully saturated rings. The standard InChI is InChI=1S/C20H18N4O2/c1-13(25)24-12-16(20(26)23-10-14-5-3-2-4-6-14)9-15-11-22-19-18(15)17(24)7-8-21-19/h2-9,11H,10,12H2,1H3,(H,21,22)(H,23,26). The number of benzene rings is 1. The lowest BCUT2D eigenvalue weighted by molar-refractivity contribution is -0.117. The molecule has 2 aromatic heterocycles. The van der Waals surface area contributed by atoms with E-state index in [-0.39, 0.29) is 18.4 Å². The molecule has 3 aromatic rings. The molecular weight excluding hydrogens is 328 g/mol. The van der Waals surface area contributed by atoms with Crippen LogP contribution in [-0.4, -0.2) is 28.3 Å². The van der Waals surface area contributed by atoms with Gasteiger partial charge >= 0.3 is 0 Å². The second kappa shape index (κ2) is 6.48. The summed E-state index contributed by atoms with van der Waals surface area (Å²) in [5.41, 5.74) is 3.88. The van der Waals surface area contributed by atoms with Crippen LogP contribution in [0.15, 0.2) is 54.4 Å². The third-order valence-electron chi connectivity index (χ3n) is 4.50. The molecule has 1 aliphatic heterocycles. The minimum absolute atomic E-state index is 0.117. The zero-order valence-corrected chi connectivity index (χ0v) is 14.3. The Morgan fingerprint density at radius 3 is 2.81 bits per heavy atom. The highest BCUT2D eigenvalue weighted by Crippen LogP contribution is 2.33. The van der Waals surface area contributed by atoms with Crippen molar-refractivity contribution in [2.24, 2.45) is 0 Å². The molecule has 6 heteroatoms. The number of anilines is 1. The molecule has 0 bridgehead atoms. The van der Waals surface area contributed by atoms with E-state index in [0.717, 1.165) is 22.2 Å². The molecule has 0 unspecified atom stereocenters. The summed E-state index contributed by atoms with van der Waals surface area (Å²) in [6.45, 7) is 2.17. The Labute approximate surface area is 150 Å². The summed E-state index contributed by atoms with van der Waals surface area (Å²) in [6.07, 6.45) is 5.30. The van der Waals surface area contributed by atoms with Gasteiger partial charge < -0.3 is 15.2 Å². The zero-order chi connectivity index (χ0) is 18.1. The lowest BCUT2D eigenvalue weighted by Gasteiger charge is -2.21. The quantitative estimate of drug-likeness (QED) is 0.765. The zero-order valence-electron chi connectivity index (χ0n) is 14.3. The molecule has 0 atom stereocenters. The molecule has 3 heterocycles. The molecule has 0 saturated carbocycles. The lowest BCUT2D eigenvalue weighted by Crippen LogP contribution is -2.35. The van der Waals surface area contributed by atoms with Crippen LogP contribution in [0.1, 0.15) is 18.1 Å². The Bertz CT molecular complexity index is 1020. The number of nitrogens with one attached hydrogen (secondary N) is 2. The first-order chi connectivity index (χ1) is 12.6. The van der Waals surface area contributed by atoms with Gasteiger partial charge in [-0.15, -0.1) is 0 Å². The highest BCUT2D eigenvalue weighted by molar-refractivity contribution is 6.10. The van der Waals surface area contributed by atoms with Crippen molar-refractivity contribution >= 4 is 34.6 Å². The predicted octanol–water partition coefficient (Wildman–Crippen LogP) is 2.63. The van der Waals surface area contributed by atoms with Gasteiger partial charge in [0.05, 0.1) is 12.2 Å². The number of H-pyrrole nitrogens is 1. The van der Waals surface area contributed by atoms with Crippen molar-refractivity contribution in [3.8, 4) is 0 Å². The van der Waals surface area contributed by atoms with E-state index < -0.39 is 0 Å². The number of hydrogen-bond acceptors (Lipinski definition) is 3. The highest BCUT2D eigenvalue weighted by Gasteiger charge is 2.25. The van der Waals surface area contributed by atoms with Crippen molar-refractivity contribution in [2.45, 2.75) is 13.5 Å². The summed E-state index contributed by atoms with van der Waals surface area (Å²) >= 11 is 0. The van der Waals surface area contributed by atoms with Crippen LogP contribution in [0.4, 0.5) is 5.69 Å². The minimum Gasteiger partial charge on any atom is -0.348 e. The topological polar surface area (TPSA) is 78.1 Å². The number of rotatable bonds is 3. The van der Waals surface area contributed by atoms with E-state index in [9.17, 15) is 9.59 Å². The molecule has 1 aliphatic rings. The normalized spacial score (nSPS) is 13.3. The number of aromatic amines is 1. The van der Waals surface area contributed by atoms with Gasteiger partial charge in [-0.3, -0.25) is 9.59 Å². The average Bonchev–Trinajstić information content (AvgIpc) is 2.98. The summed E-state index contributed by atoms with van der Waals surface area (Å²) in [6, 6.07) is 11.5. The first-order valence-corrected chi connectivity index (χ1v) is 8.40. The van der Waals surface area contributed by atoms with Crippen LogP contribution in [-0.2, 0) is 16.1 Å². The van der Waals surface area contributed by atoms with E-state index in [1.54, 1.807) is 17.2 Å². The fraction of sp³-hybridized carbons (Fsp3) is 0.150. The van der Waals surface area contributed by atoms with E-state index in [1.807, 2.05) is 42.6 Å². The first kappa shape index (κ1) is 16.1. The van der Waals surface area contributed by atoms with Crippen molar-refractivity contribution in [1.82, 2.24) is 15.3 Å². The third kappa shape index (κ3) is 2.86. The van der Waals surface area contributed by atoms with E-state index in [4.69, 9.17) is 0 Å². The van der Waals surface area contributed by atoms with Gasteiger partial charge in [-0.1, -0.05) is 30.3 Å². The molecule has 0 radical (unpaired) electrons. The van der Waals surface area contributed by atoms with E-state index >= 15 is 0 Å². The number of amides is 2. The summed E-state index contributed by atoms with van der Waals surface area (Å²) in [5, 5.41) is 3.79. The van der Waals surface area contributed by atoms with E-state index in [1.165, 1.54) is 6.92 Å². The van der Waals surface area contributed by atoms with Crippen molar-refractivity contribution in [1.29, 1.82) is 0 Å². The summed E-state index contributed by atoms with van der Waals surface area (Å²) in [5.74, 6) is -0.302. The highest BCUT2D eigenvalue weighted by atomic mass is 16.2. The number of hydrogen-bond donors (Lipinski definition) is 2. The number of nitrogens with zero attached hydrogens (tertiary/aromatic N) is 2. The van der Waals surface area contributed by atoms with Gasteiger partial charge in [0.25, 0.3) is 0 Å². The number of carbonyl (C=O) groups is 2. The minimum atomic E-state index is -0.185. The Morgan fingerprint density at radius 2 is 2.04 bits per heavy atom. The Kier molecular flexibility index (Phi) is 4.01. The van der Waals surface area contributed by atoms with Crippen molar-refractivity contribution in [2.75, 3.05) is 11.4 Å². The molecule has 2 amide bonds. The lowest BCUT2D eigenvalue weighted by atomic mass is 10.1. The van der Waals surface area contributed by atoms with E-state index in [2.05, 4.69) is 15.3 Å². The van der Waals surface area contributed by atoms with E-state index in [0.29, 0.717) is 17.8 Å². The van der Waals surface area contributed by atoms with Crippen molar-refractivity contribution in [3.63, 3.8) is 0 Å². The predicted molar refractivity (Wildman–Crippen MR) is 100 cm³/mol. The van der Waals surface area contributed by atoms with Crippen LogP contribution in [0.25, 0.3) is 17.1 Å². The van der Waals surface area contributed by atoms with Crippen LogP contribution in [0, 0.1) is 0 Å². The third-order valence-corrected chi connectivity index (χ3v) is 4.50. The van der Waals surface area contributed by atoms with Crippen LogP contribution >= 0.6 is 0 Å². The first-order valence-electron chi connectivity index (χ1n) is 8.40. The maximum atomic E-state index is 12.7. The molecule has 4 rings (SSSR count). The second-order valence-electron chi connectivity index (χ2n) is 6.24. The Morgan fingerprint density at radius 1 is 1.23 bits per heavy atom. The van der Waals surface area contributed by atoms with Crippen molar-refractivity contribution in [3.05, 3.63) is 65.5 Å². The molecule has 26 heavy (non-hydrogen) atoms. The molecule has 0 spiro atoms. The Balaban J connectivity index is 1.67. The summed E-state index contributed by atoms with van der Waals surface area (Å²) in [7, 11) is 0.